The van der Waals surface area contributed by atoms with Gasteiger partial charge in [0.25, 0.3) is 0 Å². The summed E-state index contributed by atoms with van der Waals surface area (Å²) in [5.41, 5.74) is 2.23. The second-order valence-electron chi connectivity index (χ2n) is 6.36. The largest absolute Gasteiger partial charge is 0.494 e. The van der Waals surface area contributed by atoms with Crippen molar-refractivity contribution in [2.75, 3.05) is 25.1 Å². The third-order valence-corrected chi connectivity index (χ3v) is 4.58. The maximum Gasteiger partial charge on any atom is 0.185 e. The molecule has 1 fully saturated rings. The van der Waals surface area contributed by atoms with Gasteiger partial charge >= 0.3 is 0 Å². The highest BCUT2D eigenvalue weighted by Gasteiger charge is 2.17. The summed E-state index contributed by atoms with van der Waals surface area (Å²) in [6.45, 7) is 1.63. The predicted octanol–water partition coefficient (Wildman–Crippen LogP) is 3.69. The summed E-state index contributed by atoms with van der Waals surface area (Å²) in [5, 5.41) is 9.58. The molecule has 0 saturated carbocycles. The molecule has 4 nitrogen and oxygen atoms in total. The quantitative estimate of drug-likeness (QED) is 0.656. The zero-order chi connectivity index (χ0) is 18.5. The van der Waals surface area contributed by atoms with Crippen LogP contribution in [-0.4, -0.2) is 37.2 Å². The minimum Gasteiger partial charge on any atom is -0.494 e. The van der Waals surface area contributed by atoms with Gasteiger partial charge in [-0.1, -0.05) is 12.1 Å². The summed E-state index contributed by atoms with van der Waals surface area (Å²) in [4.78, 5) is 14.5. The number of ether oxygens (including phenoxy) is 1. The third-order valence-electron chi connectivity index (χ3n) is 4.58. The van der Waals surface area contributed by atoms with Gasteiger partial charge in [0, 0.05) is 24.3 Å². The first-order valence-electron chi connectivity index (χ1n) is 8.66. The molecule has 1 N–H and O–H groups in total. The Morgan fingerprint density at radius 3 is 2.50 bits per heavy atom. The molecule has 1 saturated heterocycles. The van der Waals surface area contributed by atoms with Crippen molar-refractivity contribution in [3.63, 3.8) is 0 Å². The van der Waals surface area contributed by atoms with Crippen molar-refractivity contribution in [2.24, 2.45) is 0 Å². The molecule has 3 rings (SSSR count). The standard InChI is InChI=1S/C21H22FNO3/c1-26-21-9-3-15(14-19(21)22)2-8-20(25)16-4-6-17(7-5-16)23-12-10-18(24)11-13-23/h2-9,14,18,24H,10-13H2,1H3. The number of aliphatic hydroxyl groups is 1. The molecule has 0 spiro atoms. The molecule has 0 unspecified atom stereocenters. The van der Waals surface area contributed by atoms with Crippen molar-refractivity contribution < 1.29 is 19.0 Å². The van der Waals surface area contributed by atoms with E-state index in [0.29, 0.717) is 11.1 Å². The van der Waals surface area contributed by atoms with Crippen LogP contribution < -0.4 is 9.64 Å². The van der Waals surface area contributed by atoms with Crippen LogP contribution in [0.4, 0.5) is 10.1 Å². The summed E-state index contributed by atoms with van der Waals surface area (Å²) in [5.74, 6) is -0.422. The van der Waals surface area contributed by atoms with Gasteiger partial charge in [-0.25, -0.2) is 4.39 Å². The summed E-state index contributed by atoms with van der Waals surface area (Å²) in [7, 11) is 1.41. The molecule has 0 bridgehead atoms. The Balaban J connectivity index is 1.65. The lowest BCUT2D eigenvalue weighted by atomic mass is 10.1. The van der Waals surface area contributed by atoms with Gasteiger partial charge in [-0.15, -0.1) is 0 Å². The lowest BCUT2D eigenvalue weighted by molar-refractivity contribution is 0.104. The molecular formula is C21H22FNO3. The molecule has 2 aromatic carbocycles. The van der Waals surface area contributed by atoms with Crippen LogP contribution in [0.5, 0.6) is 5.75 Å². The SMILES string of the molecule is COc1ccc(C=CC(=O)c2ccc(N3CCC(O)CC3)cc2)cc1F. The Hall–Kier alpha value is -2.66. The monoisotopic (exact) mass is 355 g/mol. The molecule has 0 aliphatic carbocycles. The number of anilines is 1. The van der Waals surface area contributed by atoms with Gasteiger partial charge in [-0.3, -0.25) is 4.79 Å². The van der Waals surface area contributed by atoms with E-state index in [1.807, 2.05) is 12.1 Å². The minimum absolute atomic E-state index is 0.137. The predicted molar refractivity (Wildman–Crippen MR) is 100 cm³/mol. The molecule has 1 aliphatic heterocycles. The summed E-state index contributed by atoms with van der Waals surface area (Å²) in [6.07, 6.45) is 4.35. The zero-order valence-corrected chi connectivity index (χ0v) is 14.7. The normalized spacial score (nSPS) is 15.4. The number of carbonyl (C=O) groups is 1. The summed E-state index contributed by atoms with van der Waals surface area (Å²) in [6, 6.07) is 12.0. The molecular weight excluding hydrogens is 333 g/mol. The maximum atomic E-state index is 13.7. The topological polar surface area (TPSA) is 49.8 Å². The number of ketones is 1. The molecule has 0 atom stereocenters. The van der Waals surface area contributed by atoms with Crippen molar-refractivity contribution in [1.82, 2.24) is 0 Å². The number of hydrogen-bond acceptors (Lipinski definition) is 4. The van der Waals surface area contributed by atoms with E-state index in [9.17, 15) is 14.3 Å². The van der Waals surface area contributed by atoms with Crippen molar-refractivity contribution >= 4 is 17.5 Å². The lowest BCUT2D eigenvalue weighted by Crippen LogP contribution is -2.35. The highest BCUT2D eigenvalue weighted by Crippen LogP contribution is 2.21. The first-order valence-corrected chi connectivity index (χ1v) is 8.66. The van der Waals surface area contributed by atoms with E-state index in [1.54, 1.807) is 24.3 Å². The number of hydrogen-bond donors (Lipinski definition) is 1. The van der Waals surface area contributed by atoms with Crippen LogP contribution in [0.15, 0.2) is 48.5 Å². The summed E-state index contributed by atoms with van der Waals surface area (Å²) >= 11 is 0. The number of rotatable bonds is 5. The second-order valence-corrected chi connectivity index (χ2v) is 6.36. The lowest BCUT2D eigenvalue weighted by Gasteiger charge is -2.31. The van der Waals surface area contributed by atoms with Crippen LogP contribution in [0.2, 0.25) is 0 Å². The second kappa shape index (κ2) is 8.15. The van der Waals surface area contributed by atoms with Gasteiger partial charge in [-0.05, 0) is 60.9 Å². The Morgan fingerprint density at radius 1 is 1.19 bits per heavy atom. The minimum atomic E-state index is -0.460. The number of aliphatic hydroxyl groups excluding tert-OH is 1. The van der Waals surface area contributed by atoms with Crippen LogP contribution in [-0.2, 0) is 0 Å². The fourth-order valence-corrected chi connectivity index (χ4v) is 3.02. The van der Waals surface area contributed by atoms with Gasteiger partial charge in [0.2, 0.25) is 0 Å². The van der Waals surface area contributed by atoms with Gasteiger partial charge in [0.05, 0.1) is 13.2 Å². The number of allylic oxidation sites excluding steroid dienone is 1. The average molecular weight is 355 g/mol. The third kappa shape index (κ3) is 4.29. The van der Waals surface area contributed by atoms with Gasteiger partial charge in [0.1, 0.15) is 0 Å². The molecule has 1 heterocycles. The average Bonchev–Trinajstić information content (AvgIpc) is 2.67. The van der Waals surface area contributed by atoms with E-state index < -0.39 is 5.82 Å². The Morgan fingerprint density at radius 2 is 1.88 bits per heavy atom. The van der Waals surface area contributed by atoms with E-state index in [4.69, 9.17) is 4.74 Å². The Bertz CT molecular complexity index is 793. The van der Waals surface area contributed by atoms with E-state index in [-0.39, 0.29) is 17.6 Å². The number of halogens is 1. The number of piperidine rings is 1. The zero-order valence-electron chi connectivity index (χ0n) is 14.7. The molecule has 5 heteroatoms. The van der Waals surface area contributed by atoms with Gasteiger partial charge in [-0.2, -0.15) is 0 Å². The maximum absolute atomic E-state index is 13.7. The first kappa shape index (κ1) is 18.1. The summed E-state index contributed by atoms with van der Waals surface area (Å²) < 4.78 is 18.6. The van der Waals surface area contributed by atoms with Crippen molar-refractivity contribution in [3.8, 4) is 5.75 Å². The van der Waals surface area contributed by atoms with Crippen molar-refractivity contribution in [2.45, 2.75) is 18.9 Å². The number of carbonyl (C=O) groups excluding carboxylic acids is 1. The van der Waals surface area contributed by atoms with E-state index in [2.05, 4.69) is 4.90 Å². The van der Waals surface area contributed by atoms with Crippen LogP contribution in [0.25, 0.3) is 6.08 Å². The van der Waals surface area contributed by atoms with Crippen molar-refractivity contribution in [3.05, 3.63) is 65.5 Å². The van der Waals surface area contributed by atoms with Crippen LogP contribution in [0, 0.1) is 5.82 Å². The molecule has 2 aromatic rings. The molecule has 0 amide bonds. The first-order chi connectivity index (χ1) is 12.6. The van der Waals surface area contributed by atoms with E-state index in [1.165, 1.54) is 25.3 Å². The Labute approximate surface area is 152 Å². The molecule has 136 valence electrons. The fourth-order valence-electron chi connectivity index (χ4n) is 3.02. The van der Waals surface area contributed by atoms with Crippen LogP contribution >= 0.6 is 0 Å². The highest BCUT2D eigenvalue weighted by atomic mass is 19.1. The van der Waals surface area contributed by atoms with E-state index >= 15 is 0 Å². The van der Waals surface area contributed by atoms with Crippen LogP contribution in [0.1, 0.15) is 28.8 Å². The molecule has 1 aliphatic rings. The molecule has 0 aromatic heterocycles. The number of nitrogens with zero attached hydrogens (tertiary/aromatic N) is 1. The highest BCUT2D eigenvalue weighted by molar-refractivity contribution is 6.07. The van der Waals surface area contributed by atoms with Gasteiger partial charge < -0.3 is 14.7 Å². The fraction of sp³-hybridized carbons (Fsp3) is 0.286. The molecule has 26 heavy (non-hydrogen) atoms. The Kier molecular flexibility index (Phi) is 5.68. The molecule has 0 radical (unpaired) electrons. The number of methoxy groups -OCH3 is 1. The van der Waals surface area contributed by atoms with Crippen molar-refractivity contribution in [1.29, 1.82) is 0 Å². The van der Waals surface area contributed by atoms with Crippen LogP contribution in [0.3, 0.4) is 0 Å². The van der Waals surface area contributed by atoms with Gasteiger partial charge in [0.15, 0.2) is 17.3 Å². The smallest absolute Gasteiger partial charge is 0.185 e. The number of benzene rings is 2. The van der Waals surface area contributed by atoms with E-state index in [0.717, 1.165) is 31.6 Å².